The summed E-state index contributed by atoms with van der Waals surface area (Å²) < 4.78 is 27.6. The first-order valence-corrected chi connectivity index (χ1v) is 9.95. The van der Waals surface area contributed by atoms with Crippen LogP contribution >= 0.6 is 0 Å². The van der Waals surface area contributed by atoms with Gasteiger partial charge < -0.3 is 28.6 Å². The third kappa shape index (κ3) is 4.88. The summed E-state index contributed by atoms with van der Waals surface area (Å²) in [4.78, 5) is 14.7. The van der Waals surface area contributed by atoms with Crippen molar-refractivity contribution in [2.75, 3.05) is 40.4 Å². The number of ether oxygens (including phenoxy) is 5. The highest BCUT2D eigenvalue weighted by Crippen LogP contribution is 2.40. The molecule has 3 aromatic rings. The lowest BCUT2D eigenvalue weighted by molar-refractivity contribution is 0.0992. The molecule has 0 atom stereocenters. The molecule has 0 aromatic heterocycles. The number of hydrogen-bond acceptors (Lipinski definition) is 6. The highest BCUT2D eigenvalue weighted by Gasteiger charge is 2.21. The Morgan fingerprint density at radius 1 is 0.750 bits per heavy atom. The summed E-state index contributed by atoms with van der Waals surface area (Å²) >= 11 is 0. The fraction of sp³-hybridized carbons (Fsp3) is 0.240. The van der Waals surface area contributed by atoms with E-state index in [1.807, 2.05) is 30.3 Å². The molecule has 0 radical (unpaired) electrons. The smallest absolute Gasteiger partial charge is 0.258 e. The number of hydrogen-bond donors (Lipinski definition) is 0. The predicted molar refractivity (Wildman–Crippen MR) is 123 cm³/mol. The Kier molecular flexibility index (Phi) is 7.44. The van der Waals surface area contributed by atoms with Crippen LogP contribution in [0.15, 0.2) is 60.7 Å². The van der Waals surface area contributed by atoms with Crippen LogP contribution in [0.4, 0.5) is 5.69 Å². The molecule has 1 amide bonds. The SMILES string of the molecule is COc1ccc(N(C)C(=O)c2cc(OC)c(OCc3ccccc3)c(OC)c2)cc1OC. The second kappa shape index (κ2) is 10.4. The lowest BCUT2D eigenvalue weighted by Crippen LogP contribution is -2.26. The molecule has 0 heterocycles. The van der Waals surface area contributed by atoms with Gasteiger partial charge in [0, 0.05) is 24.4 Å². The molecule has 0 fully saturated rings. The summed E-state index contributed by atoms with van der Waals surface area (Å²) in [5, 5.41) is 0. The van der Waals surface area contributed by atoms with Crippen LogP contribution in [0, 0.1) is 0 Å². The first-order chi connectivity index (χ1) is 15.5. The lowest BCUT2D eigenvalue weighted by Gasteiger charge is -2.21. The van der Waals surface area contributed by atoms with E-state index in [4.69, 9.17) is 23.7 Å². The van der Waals surface area contributed by atoms with E-state index in [-0.39, 0.29) is 5.91 Å². The molecule has 0 spiro atoms. The molecular formula is C25H27NO6. The summed E-state index contributed by atoms with van der Waals surface area (Å²) in [5.41, 5.74) is 2.04. The summed E-state index contributed by atoms with van der Waals surface area (Å²) in [6.07, 6.45) is 0. The average Bonchev–Trinajstić information content (AvgIpc) is 2.86. The van der Waals surface area contributed by atoms with Crippen molar-refractivity contribution in [2.45, 2.75) is 6.61 Å². The molecule has 0 saturated heterocycles. The van der Waals surface area contributed by atoms with Crippen molar-refractivity contribution in [2.24, 2.45) is 0 Å². The number of rotatable bonds is 9. The van der Waals surface area contributed by atoms with Gasteiger partial charge in [-0.05, 0) is 29.8 Å². The maximum Gasteiger partial charge on any atom is 0.258 e. The minimum atomic E-state index is -0.247. The molecule has 32 heavy (non-hydrogen) atoms. The molecule has 0 aliphatic carbocycles. The van der Waals surface area contributed by atoms with E-state index >= 15 is 0 Å². The Bertz CT molecular complexity index is 1040. The average molecular weight is 437 g/mol. The molecule has 0 aliphatic rings. The van der Waals surface area contributed by atoms with Crippen LogP contribution in [0.2, 0.25) is 0 Å². The minimum Gasteiger partial charge on any atom is -0.493 e. The van der Waals surface area contributed by atoms with Gasteiger partial charge in [0.15, 0.2) is 23.0 Å². The Labute approximate surface area is 188 Å². The zero-order valence-electron chi connectivity index (χ0n) is 18.9. The predicted octanol–water partition coefficient (Wildman–Crippen LogP) is 4.58. The molecule has 7 heteroatoms. The fourth-order valence-corrected chi connectivity index (χ4v) is 3.22. The second-order valence-corrected chi connectivity index (χ2v) is 6.89. The van der Waals surface area contributed by atoms with Gasteiger partial charge in [-0.25, -0.2) is 0 Å². The topological polar surface area (TPSA) is 66.5 Å². The zero-order valence-corrected chi connectivity index (χ0v) is 18.9. The number of benzene rings is 3. The quantitative estimate of drug-likeness (QED) is 0.488. The van der Waals surface area contributed by atoms with E-state index in [2.05, 4.69) is 0 Å². The monoisotopic (exact) mass is 437 g/mol. The molecule has 0 aliphatic heterocycles. The van der Waals surface area contributed by atoms with Crippen molar-refractivity contribution >= 4 is 11.6 Å². The van der Waals surface area contributed by atoms with E-state index in [9.17, 15) is 4.79 Å². The van der Waals surface area contributed by atoms with Crippen LogP contribution < -0.4 is 28.6 Å². The van der Waals surface area contributed by atoms with Crippen molar-refractivity contribution in [1.82, 2.24) is 0 Å². The van der Waals surface area contributed by atoms with Gasteiger partial charge in [-0.3, -0.25) is 4.79 Å². The maximum absolute atomic E-state index is 13.2. The fourth-order valence-electron chi connectivity index (χ4n) is 3.22. The van der Waals surface area contributed by atoms with E-state index in [1.54, 1.807) is 51.6 Å². The molecular weight excluding hydrogens is 410 g/mol. The van der Waals surface area contributed by atoms with Gasteiger partial charge in [0.05, 0.1) is 28.4 Å². The van der Waals surface area contributed by atoms with E-state index in [1.165, 1.54) is 19.1 Å². The van der Waals surface area contributed by atoms with Crippen LogP contribution in [-0.2, 0) is 6.61 Å². The summed E-state index contributed by atoms with van der Waals surface area (Å²) in [6.45, 7) is 0.340. The highest BCUT2D eigenvalue weighted by atomic mass is 16.5. The molecule has 0 unspecified atom stereocenters. The van der Waals surface area contributed by atoms with Crippen molar-refractivity contribution in [3.05, 3.63) is 71.8 Å². The molecule has 7 nitrogen and oxygen atoms in total. The third-order valence-electron chi connectivity index (χ3n) is 4.99. The van der Waals surface area contributed by atoms with Crippen molar-refractivity contribution in [3.8, 4) is 28.7 Å². The van der Waals surface area contributed by atoms with E-state index < -0.39 is 0 Å². The standard InChI is InChI=1S/C25H27NO6/c1-26(19-11-12-20(28-2)21(15-19)29-3)25(27)18-13-22(30-4)24(23(14-18)31-5)32-16-17-9-7-6-8-10-17/h6-15H,16H2,1-5H3. The van der Waals surface area contributed by atoms with Gasteiger partial charge >= 0.3 is 0 Å². The van der Waals surface area contributed by atoms with E-state index in [0.717, 1.165) is 5.56 Å². The van der Waals surface area contributed by atoms with Gasteiger partial charge in [0.1, 0.15) is 6.61 Å². The van der Waals surface area contributed by atoms with Crippen LogP contribution in [0.3, 0.4) is 0 Å². The molecule has 3 aromatic carbocycles. The van der Waals surface area contributed by atoms with Crippen LogP contribution in [0.1, 0.15) is 15.9 Å². The van der Waals surface area contributed by atoms with E-state index in [0.29, 0.717) is 46.6 Å². The zero-order chi connectivity index (χ0) is 23.1. The van der Waals surface area contributed by atoms with Crippen LogP contribution in [0.25, 0.3) is 0 Å². The molecule has 0 N–H and O–H groups in total. The highest BCUT2D eigenvalue weighted by molar-refractivity contribution is 6.06. The molecule has 3 rings (SSSR count). The Balaban J connectivity index is 1.89. The van der Waals surface area contributed by atoms with Crippen molar-refractivity contribution in [1.29, 1.82) is 0 Å². The summed E-state index contributed by atoms with van der Waals surface area (Å²) in [5.74, 6) is 2.12. The molecule has 0 bridgehead atoms. The van der Waals surface area contributed by atoms with Crippen molar-refractivity contribution < 1.29 is 28.5 Å². The third-order valence-corrected chi connectivity index (χ3v) is 4.99. The number of amides is 1. The first-order valence-electron chi connectivity index (χ1n) is 9.95. The van der Waals surface area contributed by atoms with Gasteiger partial charge in [-0.15, -0.1) is 0 Å². The number of anilines is 1. The normalized spacial score (nSPS) is 10.3. The Morgan fingerprint density at radius 3 is 1.91 bits per heavy atom. The van der Waals surface area contributed by atoms with Gasteiger partial charge in [0.2, 0.25) is 5.75 Å². The minimum absolute atomic E-state index is 0.247. The van der Waals surface area contributed by atoms with Crippen molar-refractivity contribution in [3.63, 3.8) is 0 Å². The number of carbonyl (C=O) groups excluding carboxylic acids is 1. The van der Waals surface area contributed by atoms with Gasteiger partial charge in [-0.2, -0.15) is 0 Å². The summed E-state index contributed by atoms with van der Waals surface area (Å²) in [7, 11) is 7.84. The van der Waals surface area contributed by atoms with Crippen LogP contribution in [0.5, 0.6) is 28.7 Å². The Morgan fingerprint density at radius 2 is 1.34 bits per heavy atom. The van der Waals surface area contributed by atoms with Crippen LogP contribution in [-0.4, -0.2) is 41.4 Å². The van der Waals surface area contributed by atoms with Gasteiger partial charge in [0.25, 0.3) is 5.91 Å². The molecule has 0 saturated carbocycles. The van der Waals surface area contributed by atoms with Gasteiger partial charge in [-0.1, -0.05) is 30.3 Å². The maximum atomic E-state index is 13.2. The lowest BCUT2D eigenvalue weighted by atomic mass is 10.1. The largest absolute Gasteiger partial charge is 0.493 e. The number of methoxy groups -OCH3 is 4. The number of carbonyl (C=O) groups is 1. The Hall–Kier alpha value is -3.87. The number of nitrogens with zero attached hydrogens (tertiary/aromatic N) is 1. The first kappa shape index (κ1) is 22.8. The molecule has 168 valence electrons. The summed E-state index contributed by atoms with van der Waals surface area (Å²) in [6, 6.07) is 18.3. The second-order valence-electron chi connectivity index (χ2n) is 6.89.